The number of rotatable bonds is 2. The van der Waals surface area contributed by atoms with E-state index in [1.54, 1.807) is 0 Å². The van der Waals surface area contributed by atoms with E-state index in [1.165, 1.54) is 5.56 Å². The Hall–Kier alpha value is -2.46. The molecule has 1 aromatic carbocycles. The van der Waals surface area contributed by atoms with Crippen LogP contribution in [0.3, 0.4) is 0 Å². The first kappa shape index (κ1) is 17.0. The van der Waals surface area contributed by atoms with Crippen LogP contribution in [-0.2, 0) is 5.41 Å². The van der Waals surface area contributed by atoms with Crippen molar-refractivity contribution in [2.75, 3.05) is 0 Å². The average molecular weight is 406 g/mol. The van der Waals surface area contributed by atoms with Crippen molar-refractivity contribution in [1.29, 1.82) is 0 Å². The maximum absolute atomic E-state index is 4.66. The molecule has 0 N–H and O–H groups in total. The zero-order chi connectivity index (χ0) is 18.3. The van der Waals surface area contributed by atoms with Gasteiger partial charge >= 0.3 is 0 Å². The first-order valence-corrected chi connectivity index (χ1v) is 9.41. The molecule has 0 atom stereocenters. The van der Waals surface area contributed by atoms with Crippen LogP contribution in [0.5, 0.6) is 0 Å². The maximum atomic E-state index is 4.66. The van der Waals surface area contributed by atoms with E-state index in [4.69, 9.17) is 0 Å². The zero-order valence-corrected chi connectivity index (χ0v) is 16.7. The Kier molecular flexibility index (Phi) is 4.16. The summed E-state index contributed by atoms with van der Waals surface area (Å²) in [4.78, 5) is 8.99. The van der Waals surface area contributed by atoms with Gasteiger partial charge in [-0.05, 0) is 57.2 Å². The quantitative estimate of drug-likeness (QED) is 0.400. The van der Waals surface area contributed by atoms with Gasteiger partial charge in [-0.15, -0.1) is 0 Å². The van der Waals surface area contributed by atoms with Crippen LogP contribution >= 0.6 is 15.9 Å². The Bertz CT molecular complexity index is 1090. The third-order valence-corrected chi connectivity index (χ3v) is 5.29. The summed E-state index contributed by atoms with van der Waals surface area (Å²) in [7, 11) is 0. The van der Waals surface area contributed by atoms with Crippen LogP contribution in [0, 0.1) is 0 Å². The lowest BCUT2D eigenvalue weighted by molar-refractivity contribution is 0.589. The number of hydrogen-bond acceptors (Lipinski definition) is 2. The van der Waals surface area contributed by atoms with Gasteiger partial charge in [-0.2, -0.15) is 0 Å². The lowest BCUT2D eigenvalue weighted by Crippen LogP contribution is -2.11. The van der Waals surface area contributed by atoms with Crippen molar-refractivity contribution in [3.63, 3.8) is 0 Å². The lowest BCUT2D eigenvalue weighted by atomic mass is 9.87. The van der Waals surface area contributed by atoms with E-state index >= 15 is 0 Å². The molecule has 0 aliphatic heterocycles. The minimum atomic E-state index is 0.0834. The summed E-state index contributed by atoms with van der Waals surface area (Å²) >= 11 is 3.67. The van der Waals surface area contributed by atoms with Crippen LogP contribution in [0.15, 0.2) is 71.7 Å². The highest BCUT2D eigenvalue weighted by Crippen LogP contribution is 2.34. The molecule has 0 spiro atoms. The van der Waals surface area contributed by atoms with Crippen LogP contribution in [-0.4, -0.2) is 14.5 Å². The number of para-hydroxylation sites is 1. The number of pyridine rings is 2. The molecular formula is C22H20BrN3. The van der Waals surface area contributed by atoms with Crippen molar-refractivity contribution in [2.24, 2.45) is 0 Å². The predicted molar refractivity (Wildman–Crippen MR) is 111 cm³/mol. The van der Waals surface area contributed by atoms with Crippen molar-refractivity contribution in [3.8, 4) is 16.9 Å². The number of hydrogen-bond donors (Lipinski definition) is 0. The molecule has 0 saturated carbocycles. The molecule has 130 valence electrons. The van der Waals surface area contributed by atoms with Crippen molar-refractivity contribution in [1.82, 2.24) is 14.5 Å². The second-order valence-corrected chi connectivity index (χ2v) is 8.29. The highest BCUT2D eigenvalue weighted by molar-refractivity contribution is 9.10. The summed E-state index contributed by atoms with van der Waals surface area (Å²) in [5, 5.41) is 1.15. The van der Waals surface area contributed by atoms with E-state index in [2.05, 4.69) is 87.8 Å². The lowest BCUT2D eigenvalue weighted by Gasteiger charge is -2.19. The molecule has 0 radical (unpaired) electrons. The molecule has 0 fully saturated rings. The van der Waals surface area contributed by atoms with Gasteiger partial charge in [0.1, 0.15) is 0 Å². The highest BCUT2D eigenvalue weighted by atomic mass is 79.9. The molecule has 0 unspecified atom stereocenters. The third kappa shape index (κ3) is 2.95. The normalized spacial score (nSPS) is 11.8. The summed E-state index contributed by atoms with van der Waals surface area (Å²) in [5.74, 6) is 0. The second kappa shape index (κ2) is 6.36. The zero-order valence-electron chi connectivity index (χ0n) is 15.1. The third-order valence-electron chi connectivity index (χ3n) is 4.62. The first-order valence-electron chi connectivity index (χ1n) is 8.62. The van der Waals surface area contributed by atoms with Crippen LogP contribution in [0.4, 0.5) is 0 Å². The topological polar surface area (TPSA) is 30.7 Å². The van der Waals surface area contributed by atoms with Crippen molar-refractivity contribution >= 4 is 26.8 Å². The largest absolute Gasteiger partial charge is 0.313 e. The van der Waals surface area contributed by atoms with Crippen molar-refractivity contribution in [2.45, 2.75) is 26.2 Å². The van der Waals surface area contributed by atoms with E-state index in [9.17, 15) is 0 Å². The molecule has 0 aliphatic carbocycles. The maximum Gasteiger partial charge on any atom is 0.0726 e. The predicted octanol–water partition coefficient (Wildman–Crippen LogP) is 6.15. The molecule has 4 heteroatoms. The van der Waals surface area contributed by atoms with Gasteiger partial charge in [0.2, 0.25) is 0 Å². The van der Waals surface area contributed by atoms with Gasteiger partial charge in [-0.3, -0.25) is 9.97 Å². The molecule has 0 amide bonds. The van der Waals surface area contributed by atoms with E-state index in [0.717, 1.165) is 32.3 Å². The van der Waals surface area contributed by atoms with Crippen LogP contribution in [0.1, 0.15) is 26.3 Å². The van der Waals surface area contributed by atoms with Gasteiger partial charge < -0.3 is 4.57 Å². The molecule has 0 bridgehead atoms. The van der Waals surface area contributed by atoms with E-state index < -0.39 is 0 Å². The minimum Gasteiger partial charge on any atom is -0.313 e. The van der Waals surface area contributed by atoms with Crippen molar-refractivity contribution in [3.05, 3.63) is 77.3 Å². The van der Waals surface area contributed by atoms with Gasteiger partial charge in [-0.1, -0.05) is 32.9 Å². The Labute approximate surface area is 161 Å². The summed E-state index contributed by atoms with van der Waals surface area (Å²) in [6.45, 7) is 6.67. The van der Waals surface area contributed by atoms with E-state index in [-0.39, 0.29) is 5.41 Å². The Morgan fingerprint density at radius 2 is 1.81 bits per heavy atom. The van der Waals surface area contributed by atoms with Gasteiger partial charge in [0.25, 0.3) is 0 Å². The standard InChI is InChI=1S/C22H20BrN3/c1-22(2,3)15-8-11-25-19(12-15)17-14-26(20-7-5-4-6-18(20)23)21-13-24-10-9-16(17)21/h4-14H,1-3H3. The molecule has 4 aromatic rings. The molecular weight excluding hydrogens is 386 g/mol. The Morgan fingerprint density at radius 3 is 2.58 bits per heavy atom. The van der Waals surface area contributed by atoms with Crippen LogP contribution in [0.2, 0.25) is 0 Å². The van der Waals surface area contributed by atoms with Gasteiger partial charge in [0.15, 0.2) is 0 Å². The van der Waals surface area contributed by atoms with Gasteiger partial charge in [0, 0.05) is 34.0 Å². The minimum absolute atomic E-state index is 0.0834. The highest BCUT2D eigenvalue weighted by Gasteiger charge is 2.18. The molecule has 0 saturated heterocycles. The number of nitrogens with zero attached hydrogens (tertiary/aromatic N) is 3. The van der Waals surface area contributed by atoms with E-state index in [0.29, 0.717) is 0 Å². The Morgan fingerprint density at radius 1 is 1.00 bits per heavy atom. The number of benzene rings is 1. The van der Waals surface area contributed by atoms with Crippen LogP contribution < -0.4 is 0 Å². The first-order chi connectivity index (χ1) is 12.4. The fourth-order valence-electron chi connectivity index (χ4n) is 3.17. The number of halogens is 1. The molecule has 3 aromatic heterocycles. The summed E-state index contributed by atoms with van der Waals surface area (Å²) in [6.07, 6.45) is 7.80. The summed E-state index contributed by atoms with van der Waals surface area (Å²) in [6, 6.07) is 14.6. The summed E-state index contributed by atoms with van der Waals surface area (Å²) in [5.41, 5.74) is 5.61. The van der Waals surface area contributed by atoms with Gasteiger partial charge in [-0.25, -0.2) is 0 Å². The fourth-order valence-corrected chi connectivity index (χ4v) is 3.64. The monoisotopic (exact) mass is 405 g/mol. The molecule has 4 rings (SSSR count). The van der Waals surface area contributed by atoms with Crippen molar-refractivity contribution < 1.29 is 0 Å². The smallest absolute Gasteiger partial charge is 0.0726 e. The molecule has 26 heavy (non-hydrogen) atoms. The van der Waals surface area contributed by atoms with E-state index in [1.807, 2.05) is 30.7 Å². The molecule has 3 heterocycles. The average Bonchev–Trinajstić information content (AvgIpc) is 3.01. The fraction of sp³-hybridized carbons (Fsp3) is 0.182. The second-order valence-electron chi connectivity index (χ2n) is 7.44. The summed E-state index contributed by atoms with van der Waals surface area (Å²) < 4.78 is 3.22. The molecule has 3 nitrogen and oxygen atoms in total. The number of fused-ring (bicyclic) bond motifs is 1. The Balaban J connectivity index is 1.97. The van der Waals surface area contributed by atoms with Gasteiger partial charge in [0.05, 0.1) is 23.1 Å². The SMILES string of the molecule is CC(C)(C)c1ccnc(-c2cn(-c3ccccc3Br)c3cnccc23)c1. The molecule has 0 aliphatic rings. The van der Waals surface area contributed by atoms with Crippen LogP contribution in [0.25, 0.3) is 27.8 Å². The number of aromatic nitrogens is 3.